The van der Waals surface area contributed by atoms with Crippen LogP contribution in [0, 0.1) is 0 Å². The lowest BCUT2D eigenvalue weighted by Crippen LogP contribution is -2.51. The van der Waals surface area contributed by atoms with Crippen LogP contribution < -0.4 is 11.1 Å². The van der Waals surface area contributed by atoms with Gasteiger partial charge in [-0.3, -0.25) is 14.6 Å². The van der Waals surface area contributed by atoms with Crippen molar-refractivity contribution in [2.45, 2.75) is 70.6 Å². The zero-order valence-corrected chi connectivity index (χ0v) is 22.3. The number of aliphatic hydroxyl groups is 1. The van der Waals surface area contributed by atoms with Crippen LogP contribution in [0.15, 0.2) is 29.2 Å². The zero-order valence-electron chi connectivity index (χ0n) is 21.5. The molecule has 6 rings (SSSR count). The summed E-state index contributed by atoms with van der Waals surface area (Å²) in [4.78, 5) is 42.7. The molecule has 198 valence electrons. The molecule has 3 aliphatic heterocycles. The predicted octanol–water partition coefficient (Wildman–Crippen LogP) is 2.83. The van der Waals surface area contributed by atoms with E-state index in [0.717, 1.165) is 28.9 Å². The standard InChI is InChI=1S/C26H30N8O3S/c1-12-8-28-23(29-9-12)26(37)33-16-4-5-17(33)7-15(6-16)21-20(13(2)35)22(27)34-24(32-21)18(10-31-34)19-11-30-25(38-19)14(3)36/h8,10-11,14-17,36H,4-7,9,27H2,1-3H3,(H,28,29). The lowest BCUT2D eigenvalue weighted by atomic mass is 9.85. The van der Waals surface area contributed by atoms with Gasteiger partial charge in [-0.15, -0.1) is 11.3 Å². The third-order valence-corrected chi connectivity index (χ3v) is 8.91. The molecule has 6 heterocycles. The number of amides is 1. The molecule has 4 N–H and O–H groups in total. The molecule has 2 saturated heterocycles. The number of nitrogens with one attached hydrogen (secondary N) is 1. The first-order chi connectivity index (χ1) is 18.2. The smallest absolute Gasteiger partial charge is 0.289 e. The quantitative estimate of drug-likeness (QED) is 0.423. The minimum Gasteiger partial charge on any atom is -0.386 e. The first-order valence-corrected chi connectivity index (χ1v) is 13.7. The number of nitrogens with zero attached hydrogens (tertiary/aromatic N) is 6. The van der Waals surface area contributed by atoms with E-state index in [9.17, 15) is 14.7 Å². The Morgan fingerprint density at radius 2 is 1.97 bits per heavy atom. The number of aliphatic hydroxyl groups excluding tert-OH is 1. The number of ketones is 1. The molecular weight excluding hydrogens is 504 g/mol. The monoisotopic (exact) mass is 534 g/mol. The molecule has 3 atom stereocenters. The summed E-state index contributed by atoms with van der Waals surface area (Å²) in [7, 11) is 0. The first-order valence-electron chi connectivity index (χ1n) is 12.8. The average Bonchev–Trinajstić information content (AvgIpc) is 3.60. The molecule has 0 spiro atoms. The number of hydrogen-bond donors (Lipinski definition) is 3. The highest BCUT2D eigenvalue weighted by Crippen LogP contribution is 2.45. The van der Waals surface area contributed by atoms with E-state index in [1.165, 1.54) is 22.8 Å². The van der Waals surface area contributed by atoms with Crippen molar-refractivity contribution in [3.8, 4) is 10.4 Å². The van der Waals surface area contributed by atoms with Gasteiger partial charge in [0.25, 0.3) is 5.91 Å². The number of fused-ring (bicyclic) bond motifs is 3. The maximum absolute atomic E-state index is 13.4. The van der Waals surface area contributed by atoms with Gasteiger partial charge < -0.3 is 21.1 Å². The number of Topliss-reactive ketones (excluding diaryl/α,β-unsaturated/α-hetero) is 1. The van der Waals surface area contributed by atoms with Crippen LogP contribution in [0.2, 0.25) is 0 Å². The number of hydrogen-bond acceptors (Lipinski definition) is 10. The van der Waals surface area contributed by atoms with Crippen molar-refractivity contribution in [3.63, 3.8) is 0 Å². The number of carbonyl (C=O) groups is 2. The topological polar surface area (TPSA) is 151 Å². The highest BCUT2D eigenvalue weighted by atomic mass is 32.1. The van der Waals surface area contributed by atoms with Crippen molar-refractivity contribution >= 4 is 40.3 Å². The Morgan fingerprint density at radius 1 is 1.24 bits per heavy atom. The van der Waals surface area contributed by atoms with Crippen molar-refractivity contribution in [2.75, 3.05) is 12.3 Å². The molecule has 1 amide bonds. The van der Waals surface area contributed by atoms with Gasteiger partial charge in [0.15, 0.2) is 17.3 Å². The van der Waals surface area contributed by atoms with Gasteiger partial charge in [-0.1, -0.05) is 0 Å². The Morgan fingerprint density at radius 3 is 2.58 bits per heavy atom. The van der Waals surface area contributed by atoms with Gasteiger partial charge in [0.1, 0.15) is 16.9 Å². The SMILES string of the molecule is CC(=O)c1c(C2CC3CCC(C2)N3C(=O)C2=NCC(C)=CN2)nc2c(-c3cnc(C(C)O)s3)cnn2c1N. The van der Waals surface area contributed by atoms with Crippen molar-refractivity contribution in [1.29, 1.82) is 0 Å². The zero-order chi connectivity index (χ0) is 26.7. The van der Waals surface area contributed by atoms with Crippen LogP contribution in [-0.4, -0.2) is 65.7 Å². The van der Waals surface area contributed by atoms with E-state index in [2.05, 4.69) is 20.4 Å². The van der Waals surface area contributed by atoms with Gasteiger partial charge >= 0.3 is 0 Å². The molecule has 12 heteroatoms. The van der Waals surface area contributed by atoms with Crippen molar-refractivity contribution in [1.82, 2.24) is 29.8 Å². The summed E-state index contributed by atoms with van der Waals surface area (Å²) in [6.45, 7) is 5.67. The van der Waals surface area contributed by atoms with Crippen LogP contribution in [0.1, 0.15) is 79.5 Å². The van der Waals surface area contributed by atoms with Gasteiger partial charge in [0.05, 0.1) is 34.4 Å². The average molecular weight is 535 g/mol. The molecule has 3 aromatic heterocycles. The lowest BCUT2D eigenvalue weighted by Gasteiger charge is -2.39. The fourth-order valence-corrected chi connectivity index (χ4v) is 6.80. The second-order valence-electron chi connectivity index (χ2n) is 10.4. The van der Waals surface area contributed by atoms with Gasteiger partial charge in [-0.25, -0.2) is 9.97 Å². The second-order valence-corrected chi connectivity index (χ2v) is 11.5. The minimum absolute atomic E-state index is 0.0246. The van der Waals surface area contributed by atoms with Crippen LogP contribution in [0.4, 0.5) is 5.82 Å². The molecule has 0 saturated carbocycles. The molecule has 0 aliphatic carbocycles. The van der Waals surface area contributed by atoms with Crippen LogP contribution in [0.3, 0.4) is 0 Å². The van der Waals surface area contributed by atoms with Crippen LogP contribution in [0.25, 0.3) is 16.1 Å². The number of aromatic nitrogens is 4. The summed E-state index contributed by atoms with van der Waals surface area (Å²) in [6.07, 6.45) is 7.74. The maximum atomic E-state index is 13.4. The second kappa shape index (κ2) is 9.28. The first kappa shape index (κ1) is 24.7. The summed E-state index contributed by atoms with van der Waals surface area (Å²) in [6, 6.07) is 0.0857. The number of nitrogen functional groups attached to an aromatic ring is 1. The van der Waals surface area contributed by atoms with Crippen molar-refractivity contribution in [2.24, 2.45) is 4.99 Å². The Bertz CT molecular complexity index is 1510. The Balaban J connectivity index is 1.36. The normalized spacial score (nSPS) is 23.7. The summed E-state index contributed by atoms with van der Waals surface area (Å²) in [5.41, 5.74) is 9.98. The molecule has 11 nitrogen and oxygen atoms in total. The molecule has 2 bridgehead atoms. The number of piperidine rings is 1. The van der Waals surface area contributed by atoms with E-state index >= 15 is 0 Å². The highest BCUT2D eigenvalue weighted by Gasteiger charge is 2.46. The van der Waals surface area contributed by atoms with Crippen LogP contribution >= 0.6 is 11.3 Å². The third-order valence-electron chi connectivity index (χ3n) is 7.71. The maximum Gasteiger partial charge on any atom is 0.289 e. The van der Waals surface area contributed by atoms with E-state index in [0.29, 0.717) is 47.1 Å². The fraction of sp³-hybridized carbons (Fsp3) is 0.462. The third kappa shape index (κ3) is 3.99. The number of carbonyl (C=O) groups excluding carboxylic acids is 2. The molecular formula is C26H30N8O3S. The molecule has 2 fully saturated rings. The molecule has 38 heavy (non-hydrogen) atoms. The van der Waals surface area contributed by atoms with Gasteiger partial charge in [-0.05, 0) is 52.0 Å². The van der Waals surface area contributed by atoms with E-state index in [4.69, 9.17) is 10.7 Å². The van der Waals surface area contributed by atoms with E-state index in [-0.39, 0.29) is 35.5 Å². The number of anilines is 1. The molecule has 3 unspecified atom stereocenters. The van der Waals surface area contributed by atoms with Gasteiger partial charge in [0, 0.05) is 30.4 Å². The largest absolute Gasteiger partial charge is 0.386 e. The number of rotatable bonds is 5. The van der Waals surface area contributed by atoms with Gasteiger partial charge in [-0.2, -0.15) is 9.61 Å². The summed E-state index contributed by atoms with van der Waals surface area (Å²) in [5.74, 6) is 0.406. The fourth-order valence-electron chi connectivity index (χ4n) is 5.94. The molecule has 3 aliphatic rings. The van der Waals surface area contributed by atoms with Crippen molar-refractivity contribution in [3.05, 3.63) is 40.4 Å². The predicted molar refractivity (Wildman–Crippen MR) is 144 cm³/mol. The number of nitrogens with two attached hydrogens (primary N) is 1. The molecule has 0 aromatic carbocycles. The summed E-state index contributed by atoms with van der Waals surface area (Å²) >= 11 is 1.37. The van der Waals surface area contributed by atoms with Crippen LogP contribution in [-0.2, 0) is 4.79 Å². The van der Waals surface area contributed by atoms with Crippen molar-refractivity contribution < 1.29 is 14.7 Å². The Labute approximate surface area is 223 Å². The van der Waals surface area contributed by atoms with E-state index in [1.807, 2.05) is 18.0 Å². The van der Waals surface area contributed by atoms with Gasteiger partial charge in [0.2, 0.25) is 0 Å². The lowest BCUT2D eigenvalue weighted by molar-refractivity contribution is -0.128. The van der Waals surface area contributed by atoms with E-state index in [1.54, 1.807) is 19.3 Å². The van der Waals surface area contributed by atoms with Crippen LogP contribution in [0.5, 0.6) is 0 Å². The molecule has 0 radical (unpaired) electrons. The Hall–Kier alpha value is -3.64. The molecule has 3 aromatic rings. The number of amidine groups is 1. The van der Waals surface area contributed by atoms with E-state index < -0.39 is 6.10 Å². The Kier molecular flexibility index (Phi) is 6.03. The minimum atomic E-state index is -0.674. The summed E-state index contributed by atoms with van der Waals surface area (Å²) < 4.78 is 1.51. The number of thiazole rings is 1. The summed E-state index contributed by atoms with van der Waals surface area (Å²) in [5, 5.41) is 18.0. The highest BCUT2D eigenvalue weighted by molar-refractivity contribution is 7.15. The number of aliphatic imine (C=N–C) groups is 1.